The summed E-state index contributed by atoms with van der Waals surface area (Å²) in [7, 11) is -3.48. The lowest BCUT2D eigenvalue weighted by molar-refractivity contribution is -0.286. The van der Waals surface area contributed by atoms with Gasteiger partial charge >= 0.3 is 6.29 Å². The van der Waals surface area contributed by atoms with Crippen LogP contribution in [-0.4, -0.2) is 26.9 Å². The Morgan fingerprint density at radius 3 is 2.48 bits per heavy atom. The number of halogens is 2. The van der Waals surface area contributed by atoms with Gasteiger partial charge in [0.1, 0.15) is 0 Å². The molecule has 3 rings (SSSR count). The topological polar surface area (TPSA) is 93.7 Å². The van der Waals surface area contributed by atoms with Gasteiger partial charge in [0.25, 0.3) is 5.91 Å². The van der Waals surface area contributed by atoms with E-state index in [2.05, 4.69) is 19.5 Å². The zero-order chi connectivity index (χ0) is 18.2. The van der Waals surface area contributed by atoms with Crippen molar-refractivity contribution in [2.75, 3.05) is 16.3 Å². The molecule has 2 aromatic carbocycles. The minimum atomic E-state index is -3.74. The number of anilines is 2. The quantitative estimate of drug-likeness (QED) is 0.863. The van der Waals surface area contributed by atoms with Gasteiger partial charge in [0.2, 0.25) is 10.0 Å². The second kappa shape index (κ2) is 5.88. The molecule has 0 bridgehead atoms. The van der Waals surface area contributed by atoms with Crippen molar-refractivity contribution in [2.45, 2.75) is 6.29 Å². The average molecular weight is 370 g/mol. The van der Waals surface area contributed by atoms with Gasteiger partial charge < -0.3 is 14.8 Å². The number of benzene rings is 2. The molecule has 1 aliphatic heterocycles. The summed E-state index contributed by atoms with van der Waals surface area (Å²) in [6, 6.07) is 9.63. The summed E-state index contributed by atoms with van der Waals surface area (Å²) in [6.07, 6.45) is -2.75. The predicted molar refractivity (Wildman–Crippen MR) is 85.5 cm³/mol. The van der Waals surface area contributed by atoms with Crippen molar-refractivity contribution in [3.8, 4) is 11.5 Å². The lowest BCUT2D eigenvalue weighted by Gasteiger charge is -2.08. The molecule has 0 aromatic heterocycles. The number of amides is 1. The SMILES string of the molecule is CS(=O)(=O)Nc1cccc(C(=O)Nc2ccc3c(c2)OC(F)(F)O3)c1. The van der Waals surface area contributed by atoms with Crippen LogP contribution in [0.15, 0.2) is 42.5 Å². The Kier molecular flexibility index (Phi) is 3.99. The van der Waals surface area contributed by atoms with Crippen LogP contribution in [-0.2, 0) is 10.0 Å². The highest BCUT2D eigenvalue weighted by Gasteiger charge is 2.43. The van der Waals surface area contributed by atoms with Crippen molar-refractivity contribution in [1.82, 2.24) is 0 Å². The van der Waals surface area contributed by atoms with Crippen LogP contribution in [0.25, 0.3) is 0 Å². The van der Waals surface area contributed by atoms with Crippen molar-refractivity contribution >= 4 is 27.3 Å². The smallest absolute Gasteiger partial charge is 0.395 e. The van der Waals surface area contributed by atoms with Crippen LogP contribution in [0.2, 0.25) is 0 Å². The number of hydrogen-bond acceptors (Lipinski definition) is 5. The van der Waals surface area contributed by atoms with Crippen LogP contribution in [0.3, 0.4) is 0 Å². The van der Waals surface area contributed by atoms with Gasteiger partial charge in [0.05, 0.1) is 6.26 Å². The summed E-state index contributed by atoms with van der Waals surface area (Å²) in [5.41, 5.74) is 0.614. The minimum Gasteiger partial charge on any atom is -0.395 e. The van der Waals surface area contributed by atoms with Crippen LogP contribution < -0.4 is 19.5 Å². The van der Waals surface area contributed by atoms with E-state index in [0.717, 1.165) is 6.26 Å². The fraction of sp³-hybridized carbons (Fsp3) is 0.133. The molecular formula is C15H12F2N2O5S. The van der Waals surface area contributed by atoms with E-state index in [-0.39, 0.29) is 28.4 Å². The molecule has 0 unspecified atom stereocenters. The Morgan fingerprint density at radius 2 is 1.76 bits per heavy atom. The normalized spacial score (nSPS) is 14.8. The molecule has 0 fully saturated rings. The highest BCUT2D eigenvalue weighted by molar-refractivity contribution is 7.92. The number of ether oxygens (including phenoxy) is 2. The first-order chi connectivity index (χ1) is 11.6. The molecule has 0 atom stereocenters. The number of alkyl halides is 2. The molecule has 1 aliphatic rings. The molecule has 132 valence electrons. The zero-order valence-electron chi connectivity index (χ0n) is 12.7. The molecule has 2 aromatic rings. The van der Waals surface area contributed by atoms with Crippen molar-refractivity contribution in [3.63, 3.8) is 0 Å². The third-order valence-corrected chi connectivity index (χ3v) is 3.69. The Balaban J connectivity index is 1.76. The van der Waals surface area contributed by atoms with Crippen LogP contribution in [0.5, 0.6) is 11.5 Å². The Morgan fingerprint density at radius 1 is 1.04 bits per heavy atom. The molecule has 0 radical (unpaired) electrons. The number of carbonyl (C=O) groups is 1. The molecule has 1 heterocycles. The summed E-state index contributed by atoms with van der Waals surface area (Å²) >= 11 is 0. The van der Waals surface area contributed by atoms with Crippen molar-refractivity contribution in [3.05, 3.63) is 48.0 Å². The highest BCUT2D eigenvalue weighted by Crippen LogP contribution is 2.42. The van der Waals surface area contributed by atoms with E-state index in [1.54, 1.807) is 0 Å². The predicted octanol–water partition coefficient (Wildman–Crippen LogP) is 2.63. The largest absolute Gasteiger partial charge is 0.586 e. The average Bonchev–Trinajstić information content (AvgIpc) is 2.79. The van der Waals surface area contributed by atoms with Gasteiger partial charge in [-0.25, -0.2) is 8.42 Å². The van der Waals surface area contributed by atoms with Crippen LogP contribution >= 0.6 is 0 Å². The maximum atomic E-state index is 13.0. The van der Waals surface area contributed by atoms with E-state index in [1.807, 2.05) is 0 Å². The van der Waals surface area contributed by atoms with Gasteiger partial charge in [0.15, 0.2) is 11.5 Å². The fourth-order valence-electron chi connectivity index (χ4n) is 2.17. The molecule has 0 saturated carbocycles. The minimum absolute atomic E-state index is 0.137. The number of sulfonamides is 1. The first-order valence-corrected chi connectivity index (χ1v) is 8.80. The van der Waals surface area contributed by atoms with Crippen molar-refractivity contribution in [2.24, 2.45) is 0 Å². The van der Waals surface area contributed by atoms with Crippen LogP contribution in [0, 0.1) is 0 Å². The third kappa shape index (κ3) is 4.15. The number of hydrogen-bond donors (Lipinski definition) is 2. The van der Waals surface area contributed by atoms with Gasteiger partial charge in [-0.3, -0.25) is 9.52 Å². The molecule has 0 saturated heterocycles. The maximum Gasteiger partial charge on any atom is 0.586 e. The Labute approximate surface area is 141 Å². The molecule has 2 N–H and O–H groups in total. The van der Waals surface area contributed by atoms with Gasteiger partial charge in [0, 0.05) is 23.0 Å². The lowest BCUT2D eigenvalue weighted by Crippen LogP contribution is -2.25. The standard InChI is InChI=1S/C15H12F2N2O5S/c1-25(21,22)19-11-4-2-3-9(7-11)14(20)18-10-5-6-12-13(8-10)24-15(16,17)23-12/h2-8,19H,1H3,(H,18,20). The summed E-state index contributed by atoms with van der Waals surface area (Å²) in [4.78, 5) is 12.3. The number of fused-ring (bicyclic) bond motifs is 1. The summed E-state index contributed by atoms with van der Waals surface area (Å²) < 4.78 is 59.3. The molecule has 0 aliphatic carbocycles. The number of carbonyl (C=O) groups excluding carboxylic acids is 1. The molecule has 10 heteroatoms. The summed E-state index contributed by atoms with van der Waals surface area (Å²) in [6.45, 7) is 0. The second-order valence-electron chi connectivity index (χ2n) is 5.24. The summed E-state index contributed by atoms with van der Waals surface area (Å²) in [5.74, 6) is -0.889. The van der Waals surface area contributed by atoms with Crippen molar-refractivity contribution in [1.29, 1.82) is 0 Å². The van der Waals surface area contributed by atoms with Crippen LogP contribution in [0.1, 0.15) is 10.4 Å². The molecular weight excluding hydrogens is 358 g/mol. The second-order valence-corrected chi connectivity index (χ2v) is 6.99. The van der Waals surface area contributed by atoms with E-state index in [9.17, 15) is 22.0 Å². The summed E-state index contributed by atoms with van der Waals surface area (Å²) in [5, 5.41) is 2.51. The van der Waals surface area contributed by atoms with E-state index < -0.39 is 22.2 Å². The lowest BCUT2D eigenvalue weighted by atomic mass is 10.2. The fourth-order valence-corrected chi connectivity index (χ4v) is 2.72. The monoisotopic (exact) mass is 370 g/mol. The highest BCUT2D eigenvalue weighted by atomic mass is 32.2. The first kappa shape index (κ1) is 17.0. The van der Waals surface area contributed by atoms with Gasteiger partial charge in [-0.1, -0.05) is 6.07 Å². The Hall–Kier alpha value is -2.88. The van der Waals surface area contributed by atoms with E-state index in [0.29, 0.717) is 0 Å². The number of rotatable bonds is 4. The first-order valence-electron chi connectivity index (χ1n) is 6.90. The Bertz CT molecular complexity index is 947. The zero-order valence-corrected chi connectivity index (χ0v) is 13.6. The van der Waals surface area contributed by atoms with E-state index >= 15 is 0 Å². The van der Waals surface area contributed by atoms with Gasteiger partial charge in [-0.15, -0.1) is 8.78 Å². The van der Waals surface area contributed by atoms with Crippen molar-refractivity contribution < 1.29 is 31.5 Å². The molecule has 1 amide bonds. The van der Waals surface area contributed by atoms with E-state index in [4.69, 9.17) is 0 Å². The van der Waals surface area contributed by atoms with Gasteiger partial charge in [-0.05, 0) is 30.3 Å². The molecule has 0 spiro atoms. The third-order valence-electron chi connectivity index (χ3n) is 3.09. The molecule has 25 heavy (non-hydrogen) atoms. The van der Waals surface area contributed by atoms with Crippen LogP contribution in [0.4, 0.5) is 20.2 Å². The number of nitrogens with one attached hydrogen (secondary N) is 2. The van der Waals surface area contributed by atoms with Gasteiger partial charge in [-0.2, -0.15) is 0 Å². The maximum absolute atomic E-state index is 13.0. The van der Waals surface area contributed by atoms with E-state index in [1.165, 1.54) is 42.5 Å². The molecule has 7 nitrogen and oxygen atoms in total.